The zero-order valence-electron chi connectivity index (χ0n) is 11.8. The van der Waals surface area contributed by atoms with Gasteiger partial charge in [0.2, 0.25) is 0 Å². The number of nitro benzene ring substituents is 1. The van der Waals surface area contributed by atoms with E-state index < -0.39 is 4.92 Å². The van der Waals surface area contributed by atoms with Crippen LogP contribution in [-0.4, -0.2) is 30.3 Å². The van der Waals surface area contributed by atoms with Crippen LogP contribution in [0.1, 0.15) is 26.7 Å². The van der Waals surface area contributed by atoms with Crippen LogP contribution in [-0.2, 0) is 4.74 Å². The normalized spacial score (nSPS) is 19.6. The van der Waals surface area contributed by atoms with Gasteiger partial charge in [-0.15, -0.1) is 0 Å². The van der Waals surface area contributed by atoms with E-state index in [2.05, 4.69) is 5.32 Å². The molecule has 1 aliphatic rings. The molecule has 1 aromatic rings. The van der Waals surface area contributed by atoms with E-state index in [-0.39, 0.29) is 17.8 Å². The van der Waals surface area contributed by atoms with Crippen LogP contribution in [0.5, 0.6) is 5.75 Å². The highest BCUT2D eigenvalue weighted by Crippen LogP contribution is 2.35. The minimum atomic E-state index is -0.407. The number of benzene rings is 1. The Morgan fingerprint density at radius 1 is 1.60 bits per heavy atom. The van der Waals surface area contributed by atoms with Crippen molar-refractivity contribution in [2.45, 2.75) is 38.8 Å². The van der Waals surface area contributed by atoms with Crippen LogP contribution < -0.4 is 10.1 Å². The SMILES string of the molecule is CCOc1cccc(NC(C)C2CCCO2)c1[N+](=O)[O-]. The topological polar surface area (TPSA) is 73.6 Å². The first-order valence-corrected chi connectivity index (χ1v) is 6.91. The standard InChI is InChI=1S/C14H20N2O4/c1-3-19-13-7-4-6-11(14(13)16(17)18)15-10(2)12-8-5-9-20-12/h4,6-7,10,12,15H,3,5,8-9H2,1-2H3. The molecular formula is C14H20N2O4. The maximum Gasteiger partial charge on any atom is 0.333 e. The number of nitro groups is 1. The van der Waals surface area contributed by atoms with Crippen LogP contribution in [0, 0.1) is 10.1 Å². The average Bonchev–Trinajstić information content (AvgIpc) is 2.92. The minimum absolute atomic E-state index is 0.0146. The van der Waals surface area contributed by atoms with Gasteiger partial charge in [-0.25, -0.2) is 0 Å². The van der Waals surface area contributed by atoms with E-state index in [9.17, 15) is 10.1 Å². The van der Waals surface area contributed by atoms with E-state index in [1.54, 1.807) is 25.1 Å². The molecule has 2 atom stereocenters. The molecule has 0 saturated carbocycles. The first kappa shape index (κ1) is 14.6. The van der Waals surface area contributed by atoms with Crippen LogP contribution in [0.4, 0.5) is 11.4 Å². The number of hydrogen-bond donors (Lipinski definition) is 1. The summed E-state index contributed by atoms with van der Waals surface area (Å²) in [4.78, 5) is 10.9. The van der Waals surface area contributed by atoms with Gasteiger partial charge in [-0.3, -0.25) is 10.1 Å². The van der Waals surface area contributed by atoms with E-state index in [1.807, 2.05) is 6.92 Å². The first-order valence-electron chi connectivity index (χ1n) is 6.91. The van der Waals surface area contributed by atoms with Crippen molar-refractivity contribution in [3.8, 4) is 5.75 Å². The van der Waals surface area contributed by atoms with E-state index in [1.165, 1.54) is 0 Å². The number of para-hydroxylation sites is 1. The molecule has 20 heavy (non-hydrogen) atoms. The van der Waals surface area contributed by atoms with Gasteiger partial charge in [0.1, 0.15) is 5.69 Å². The fourth-order valence-corrected chi connectivity index (χ4v) is 2.43. The van der Waals surface area contributed by atoms with Gasteiger partial charge in [0.15, 0.2) is 5.75 Å². The Morgan fingerprint density at radius 3 is 3.00 bits per heavy atom. The van der Waals surface area contributed by atoms with Gasteiger partial charge in [0.25, 0.3) is 0 Å². The lowest BCUT2D eigenvalue weighted by atomic mass is 10.1. The lowest BCUT2D eigenvalue weighted by Gasteiger charge is -2.21. The van der Waals surface area contributed by atoms with Crippen molar-refractivity contribution in [2.75, 3.05) is 18.5 Å². The van der Waals surface area contributed by atoms with Crippen molar-refractivity contribution in [1.29, 1.82) is 0 Å². The molecule has 0 bridgehead atoms. The Labute approximate surface area is 118 Å². The zero-order valence-corrected chi connectivity index (χ0v) is 11.8. The number of anilines is 1. The smallest absolute Gasteiger partial charge is 0.333 e. The van der Waals surface area contributed by atoms with Crippen molar-refractivity contribution in [2.24, 2.45) is 0 Å². The Morgan fingerprint density at radius 2 is 2.40 bits per heavy atom. The van der Waals surface area contributed by atoms with Crippen LogP contribution in [0.15, 0.2) is 18.2 Å². The Balaban J connectivity index is 2.21. The highest BCUT2D eigenvalue weighted by molar-refractivity contribution is 5.68. The van der Waals surface area contributed by atoms with Crippen molar-refractivity contribution in [3.63, 3.8) is 0 Å². The Kier molecular flexibility index (Phi) is 4.79. The van der Waals surface area contributed by atoms with Gasteiger partial charge >= 0.3 is 5.69 Å². The molecule has 0 aliphatic carbocycles. The Hall–Kier alpha value is -1.82. The summed E-state index contributed by atoms with van der Waals surface area (Å²) in [5.41, 5.74) is 0.461. The highest BCUT2D eigenvalue weighted by Gasteiger charge is 2.26. The lowest BCUT2D eigenvalue weighted by Crippen LogP contribution is -2.30. The second kappa shape index (κ2) is 6.56. The summed E-state index contributed by atoms with van der Waals surface area (Å²) < 4.78 is 10.9. The van der Waals surface area contributed by atoms with E-state index in [0.29, 0.717) is 18.0 Å². The summed E-state index contributed by atoms with van der Waals surface area (Å²) in [6, 6.07) is 5.09. The lowest BCUT2D eigenvalue weighted by molar-refractivity contribution is -0.385. The summed E-state index contributed by atoms with van der Waals surface area (Å²) >= 11 is 0. The number of ether oxygens (including phenoxy) is 2. The van der Waals surface area contributed by atoms with Gasteiger partial charge in [0, 0.05) is 12.6 Å². The van der Waals surface area contributed by atoms with Crippen molar-refractivity contribution in [1.82, 2.24) is 0 Å². The Bertz CT molecular complexity index is 472. The van der Waals surface area contributed by atoms with Crippen molar-refractivity contribution in [3.05, 3.63) is 28.3 Å². The molecule has 0 radical (unpaired) electrons. The summed E-state index contributed by atoms with van der Waals surface area (Å²) in [6.45, 7) is 4.94. The summed E-state index contributed by atoms with van der Waals surface area (Å²) in [6.07, 6.45) is 2.12. The molecule has 1 heterocycles. The maximum absolute atomic E-state index is 11.3. The fourth-order valence-electron chi connectivity index (χ4n) is 2.43. The monoisotopic (exact) mass is 280 g/mol. The molecule has 2 unspecified atom stereocenters. The van der Waals surface area contributed by atoms with Crippen LogP contribution in [0.25, 0.3) is 0 Å². The second-order valence-electron chi connectivity index (χ2n) is 4.83. The predicted octanol–water partition coefficient (Wildman–Crippen LogP) is 2.97. The summed E-state index contributed by atoms with van der Waals surface area (Å²) in [7, 11) is 0. The van der Waals surface area contributed by atoms with Crippen LogP contribution in [0.3, 0.4) is 0 Å². The highest BCUT2D eigenvalue weighted by atomic mass is 16.6. The fraction of sp³-hybridized carbons (Fsp3) is 0.571. The first-order chi connectivity index (χ1) is 9.63. The number of rotatable bonds is 6. The van der Waals surface area contributed by atoms with Gasteiger partial charge < -0.3 is 14.8 Å². The quantitative estimate of drug-likeness (QED) is 0.640. The van der Waals surface area contributed by atoms with E-state index >= 15 is 0 Å². The summed E-state index contributed by atoms with van der Waals surface area (Å²) in [5.74, 6) is 0.294. The molecule has 6 heteroatoms. The third kappa shape index (κ3) is 3.19. The van der Waals surface area contributed by atoms with E-state index in [0.717, 1.165) is 19.4 Å². The maximum atomic E-state index is 11.3. The molecule has 1 N–H and O–H groups in total. The number of hydrogen-bond acceptors (Lipinski definition) is 5. The third-order valence-corrected chi connectivity index (χ3v) is 3.39. The molecule has 2 rings (SSSR count). The molecule has 1 aromatic carbocycles. The largest absolute Gasteiger partial charge is 0.487 e. The molecule has 1 aliphatic heterocycles. The molecule has 6 nitrogen and oxygen atoms in total. The molecule has 1 saturated heterocycles. The summed E-state index contributed by atoms with van der Waals surface area (Å²) in [5, 5.41) is 14.5. The van der Waals surface area contributed by atoms with Gasteiger partial charge in [-0.1, -0.05) is 6.07 Å². The minimum Gasteiger partial charge on any atom is -0.487 e. The number of nitrogens with zero attached hydrogens (tertiary/aromatic N) is 1. The predicted molar refractivity (Wildman–Crippen MR) is 76.3 cm³/mol. The van der Waals surface area contributed by atoms with Crippen molar-refractivity contribution >= 4 is 11.4 Å². The van der Waals surface area contributed by atoms with Crippen LogP contribution >= 0.6 is 0 Å². The average molecular weight is 280 g/mol. The molecule has 110 valence electrons. The second-order valence-corrected chi connectivity index (χ2v) is 4.83. The molecule has 0 amide bonds. The molecule has 0 spiro atoms. The molecular weight excluding hydrogens is 260 g/mol. The van der Waals surface area contributed by atoms with Gasteiger partial charge in [-0.05, 0) is 38.8 Å². The molecule has 1 fully saturated rings. The van der Waals surface area contributed by atoms with Gasteiger partial charge in [0.05, 0.1) is 17.6 Å². The zero-order chi connectivity index (χ0) is 14.5. The van der Waals surface area contributed by atoms with Crippen LogP contribution in [0.2, 0.25) is 0 Å². The van der Waals surface area contributed by atoms with E-state index in [4.69, 9.17) is 9.47 Å². The third-order valence-electron chi connectivity index (χ3n) is 3.39. The number of nitrogens with one attached hydrogen (secondary N) is 1. The molecule has 0 aromatic heterocycles. The van der Waals surface area contributed by atoms with Crippen molar-refractivity contribution < 1.29 is 14.4 Å². The van der Waals surface area contributed by atoms with Gasteiger partial charge in [-0.2, -0.15) is 0 Å².